The minimum Gasteiger partial charge on any atom is -0.424 e. The Bertz CT molecular complexity index is 734. The van der Waals surface area contributed by atoms with Crippen LogP contribution in [-0.2, 0) is 4.79 Å². The van der Waals surface area contributed by atoms with Gasteiger partial charge in [-0.3, -0.25) is 9.78 Å². The van der Waals surface area contributed by atoms with Crippen molar-refractivity contribution in [2.45, 2.75) is 6.92 Å². The lowest BCUT2D eigenvalue weighted by molar-refractivity contribution is -0.131. The first kappa shape index (κ1) is 11.9. The van der Waals surface area contributed by atoms with Gasteiger partial charge in [0.15, 0.2) is 5.75 Å². The number of pyridine rings is 1. The van der Waals surface area contributed by atoms with E-state index in [2.05, 4.69) is 4.98 Å². The number of thiophene rings is 1. The summed E-state index contributed by atoms with van der Waals surface area (Å²) in [5, 5.41) is 0.925. The van der Waals surface area contributed by atoms with E-state index in [4.69, 9.17) is 4.74 Å². The van der Waals surface area contributed by atoms with E-state index in [9.17, 15) is 4.79 Å². The number of ether oxygens (including phenoxy) is 1. The maximum absolute atomic E-state index is 11.3. The van der Waals surface area contributed by atoms with Crippen LogP contribution in [0.2, 0.25) is 0 Å². The summed E-state index contributed by atoms with van der Waals surface area (Å²) in [6, 6.07) is 11.8. The molecule has 2 heterocycles. The van der Waals surface area contributed by atoms with Crippen molar-refractivity contribution in [3.8, 4) is 16.2 Å². The Morgan fingerprint density at radius 1 is 1.21 bits per heavy atom. The molecule has 3 rings (SSSR count). The van der Waals surface area contributed by atoms with Crippen LogP contribution in [0.3, 0.4) is 0 Å². The van der Waals surface area contributed by atoms with Crippen LogP contribution in [-0.4, -0.2) is 11.0 Å². The SMILES string of the molecule is CC(=O)Oc1c(-c2ccccc2)sc2cnccc12. The molecule has 4 heteroatoms. The molecule has 0 N–H and O–H groups in total. The van der Waals surface area contributed by atoms with Gasteiger partial charge in [0.05, 0.1) is 9.58 Å². The predicted octanol–water partition coefficient (Wildman–Crippen LogP) is 3.89. The Kier molecular flexibility index (Phi) is 3.01. The molecule has 0 atom stereocenters. The fourth-order valence-corrected chi connectivity index (χ4v) is 3.05. The molecule has 2 aromatic heterocycles. The van der Waals surface area contributed by atoms with Gasteiger partial charge in [-0.05, 0) is 11.6 Å². The van der Waals surface area contributed by atoms with Crippen LogP contribution in [0.1, 0.15) is 6.92 Å². The second-order valence-corrected chi connectivity index (χ2v) is 5.14. The zero-order valence-electron chi connectivity index (χ0n) is 10.3. The number of carbonyl (C=O) groups is 1. The molecule has 0 radical (unpaired) electrons. The van der Waals surface area contributed by atoms with Crippen LogP contribution in [0.15, 0.2) is 48.8 Å². The van der Waals surface area contributed by atoms with E-state index in [-0.39, 0.29) is 5.97 Å². The van der Waals surface area contributed by atoms with E-state index in [1.165, 1.54) is 6.92 Å². The number of carbonyl (C=O) groups excluding carboxylic acids is 1. The Morgan fingerprint density at radius 2 is 2.00 bits per heavy atom. The molecule has 94 valence electrons. The number of hydrogen-bond donors (Lipinski definition) is 0. The van der Waals surface area contributed by atoms with Crippen molar-refractivity contribution < 1.29 is 9.53 Å². The molecule has 0 aliphatic carbocycles. The van der Waals surface area contributed by atoms with Crippen molar-refractivity contribution >= 4 is 27.4 Å². The zero-order valence-corrected chi connectivity index (χ0v) is 11.1. The lowest BCUT2D eigenvalue weighted by Gasteiger charge is -2.04. The Balaban J connectivity index is 2.26. The second kappa shape index (κ2) is 4.82. The highest BCUT2D eigenvalue weighted by atomic mass is 32.1. The third kappa shape index (κ3) is 2.22. The van der Waals surface area contributed by atoms with E-state index >= 15 is 0 Å². The summed E-state index contributed by atoms with van der Waals surface area (Å²) in [5.74, 6) is 0.315. The highest BCUT2D eigenvalue weighted by molar-refractivity contribution is 7.22. The molecule has 0 fully saturated rings. The van der Waals surface area contributed by atoms with Crippen LogP contribution in [0, 0.1) is 0 Å². The molecular formula is C15H11NO2S. The molecule has 0 aliphatic rings. The largest absolute Gasteiger partial charge is 0.424 e. The average molecular weight is 269 g/mol. The van der Waals surface area contributed by atoms with Crippen LogP contribution in [0.5, 0.6) is 5.75 Å². The minimum absolute atomic E-state index is 0.311. The fraction of sp³-hybridized carbons (Fsp3) is 0.0667. The van der Waals surface area contributed by atoms with E-state index in [1.54, 1.807) is 23.7 Å². The molecule has 0 amide bonds. The van der Waals surface area contributed by atoms with Crippen molar-refractivity contribution in [2.75, 3.05) is 0 Å². The number of fused-ring (bicyclic) bond motifs is 1. The molecule has 0 aliphatic heterocycles. The van der Waals surface area contributed by atoms with Crippen molar-refractivity contribution in [3.63, 3.8) is 0 Å². The van der Waals surface area contributed by atoms with Crippen LogP contribution in [0.4, 0.5) is 0 Å². The Hall–Kier alpha value is -2.20. The summed E-state index contributed by atoms with van der Waals surface area (Å²) in [6.45, 7) is 1.42. The lowest BCUT2D eigenvalue weighted by atomic mass is 10.1. The quantitative estimate of drug-likeness (QED) is 0.662. The first-order valence-electron chi connectivity index (χ1n) is 5.86. The number of benzene rings is 1. The fourth-order valence-electron chi connectivity index (χ4n) is 1.95. The van der Waals surface area contributed by atoms with Gasteiger partial charge in [0, 0.05) is 24.7 Å². The maximum Gasteiger partial charge on any atom is 0.308 e. The van der Waals surface area contributed by atoms with Crippen molar-refractivity contribution in [2.24, 2.45) is 0 Å². The van der Waals surface area contributed by atoms with Gasteiger partial charge in [-0.2, -0.15) is 0 Å². The third-order valence-corrected chi connectivity index (χ3v) is 3.90. The van der Waals surface area contributed by atoms with E-state index in [0.29, 0.717) is 5.75 Å². The normalized spacial score (nSPS) is 10.6. The molecule has 1 aromatic carbocycles. The monoisotopic (exact) mass is 269 g/mol. The van der Waals surface area contributed by atoms with E-state index < -0.39 is 0 Å². The molecule has 19 heavy (non-hydrogen) atoms. The maximum atomic E-state index is 11.3. The summed E-state index contributed by atoms with van der Waals surface area (Å²) in [6.07, 6.45) is 3.50. The highest BCUT2D eigenvalue weighted by Crippen LogP contribution is 2.43. The molecule has 0 unspecified atom stereocenters. The number of nitrogens with zero attached hydrogens (tertiary/aromatic N) is 1. The molecule has 3 nitrogen and oxygen atoms in total. The van der Waals surface area contributed by atoms with Crippen molar-refractivity contribution in [3.05, 3.63) is 48.8 Å². The molecule has 0 saturated heterocycles. The highest BCUT2D eigenvalue weighted by Gasteiger charge is 2.16. The molecule has 0 bridgehead atoms. The van der Waals surface area contributed by atoms with Crippen LogP contribution >= 0.6 is 11.3 Å². The topological polar surface area (TPSA) is 39.2 Å². The van der Waals surface area contributed by atoms with Gasteiger partial charge >= 0.3 is 5.97 Å². The number of hydrogen-bond acceptors (Lipinski definition) is 4. The first-order valence-corrected chi connectivity index (χ1v) is 6.67. The van der Waals surface area contributed by atoms with Gasteiger partial charge in [-0.25, -0.2) is 0 Å². The van der Waals surface area contributed by atoms with Gasteiger partial charge in [0.1, 0.15) is 0 Å². The molecular weight excluding hydrogens is 258 g/mol. The summed E-state index contributed by atoms with van der Waals surface area (Å²) < 4.78 is 6.41. The Morgan fingerprint density at radius 3 is 2.74 bits per heavy atom. The van der Waals surface area contributed by atoms with Crippen molar-refractivity contribution in [1.82, 2.24) is 4.98 Å². The van der Waals surface area contributed by atoms with E-state index in [0.717, 1.165) is 20.5 Å². The molecule has 3 aromatic rings. The van der Waals surface area contributed by atoms with Gasteiger partial charge in [0.25, 0.3) is 0 Å². The zero-order chi connectivity index (χ0) is 13.2. The van der Waals surface area contributed by atoms with Crippen LogP contribution < -0.4 is 4.74 Å². The molecule has 0 spiro atoms. The Labute approximate surface area is 114 Å². The summed E-state index contributed by atoms with van der Waals surface area (Å²) in [7, 11) is 0. The summed E-state index contributed by atoms with van der Waals surface area (Å²) in [4.78, 5) is 16.4. The van der Waals surface area contributed by atoms with Gasteiger partial charge in [-0.1, -0.05) is 30.3 Å². The standard InChI is InChI=1S/C15H11NO2S/c1-10(17)18-14-12-7-8-16-9-13(12)19-15(14)11-5-3-2-4-6-11/h2-9H,1H3. The van der Waals surface area contributed by atoms with Gasteiger partial charge < -0.3 is 4.74 Å². The average Bonchev–Trinajstić information content (AvgIpc) is 2.78. The summed E-state index contributed by atoms with van der Waals surface area (Å²) in [5.41, 5.74) is 1.04. The number of aromatic nitrogens is 1. The summed E-state index contributed by atoms with van der Waals surface area (Å²) >= 11 is 1.58. The van der Waals surface area contributed by atoms with Crippen molar-refractivity contribution in [1.29, 1.82) is 0 Å². The van der Waals surface area contributed by atoms with Crippen LogP contribution in [0.25, 0.3) is 20.5 Å². The second-order valence-electron chi connectivity index (χ2n) is 4.09. The third-order valence-electron chi connectivity index (χ3n) is 2.73. The lowest BCUT2D eigenvalue weighted by Crippen LogP contribution is -2.01. The number of rotatable bonds is 2. The first-order chi connectivity index (χ1) is 9.25. The smallest absolute Gasteiger partial charge is 0.308 e. The number of esters is 1. The van der Waals surface area contributed by atoms with E-state index in [1.807, 2.05) is 36.4 Å². The van der Waals surface area contributed by atoms with Gasteiger partial charge in [0.2, 0.25) is 0 Å². The van der Waals surface area contributed by atoms with Gasteiger partial charge in [-0.15, -0.1) is 11.3 Å². The molecule has 0 saturated carbocycles. The predicted molar refractivity (Wildman–Crippen MR) is 76.4 cm³/mol. The minimum atomic E-state index is -0.311.